The third-order valence-electron chi connectivity index (χ3n) is 5.55. The molecule has 9 heteroatoms. The Kier molecular flexibility index (Phi) is 6.07. The molecule has 4 rings (SSSR count). The minimum atomic E-state index is -3.97. The fourth-order valence-electron chi connectivity index (χ4n) is 3.79. The van der Waals surface area contributed by atoms with Crippen LogP contribution in [0.2, 0.25) is 0 Å². The average Bonchev–Trinajstić information content (AvgIpc) is 2.77. The number of guanidine groups is 1. The summed E-state index contributed by atoms with van der Waals surface area (Å²) in [7, 11) is -0.147. The predicted octanol–water partition coefficient (Wildman–Crippen LogP) is 4.44. The van der Waals surface area contributed by atoms with Crippen LogP contribution in [0.5, 0.6) is 0 Å². The number of benzene rings is 3. The molecule has 0 fully saturated rings. The molecule has 1 aliphatic heterocycles. The highest BCUT2D eigenvalue weighted by molar-refractivity contribution is 7.90. The molecule has 3 aromatic rings. The summed E-state index contributed by atoms with van der Waals surface area (Å²) in [6.45, 7) is 1.87. The summed E-state index contributed by atoms with van der Waals surface area (Å²) in [4.78, 5) is 6.13. The highest BCUT2D eigenvalue weighted by atomic mass is 32.2. The lowest BCUT2D eigenvalue weighted by Gasteiger charge is -2.27. The van der Waals surface area contributed by atoms with Crippen molar-refractivity contribution in [2.75, 3.05) is 24.3 Å². The summed E-state index contributed by atoms with van der Waals surface area (Å²) in [5.74, 6) is -1.42. The normalized spacial score (nSPS) is 16.5. The summed E-state index contributed by atoms with van der Waals surface area (Å²) in [5.41, 5.74) is 2.73. The first-order chi connectivity index (χ1) is 15.7. The van der Waals surface area contributed by atoms with Crippen molar-refractivity contribution in [1.82, 2.24) is 4.72 Å². The van der Waals surface area contributed by atoms with Crippen molar-refractivity contribution in [2.24, 2.45) is 4.99 Å². The van der Waals surface area contributed by atoms with Crippen molar-refractivity contribution in [1.29, 1.82) is 0 Å². The zero-order valence-electron chi connectivity index (χ0n) is 18.4. The van der Waals surface area contributed by atoms with E-state index in [1.807, 2.05) is 50.2 Å². The zero-order chi connectivity index (χ0) is 23.8. The highest BCUT2D eigenvalue weighted by Gasteiger charge is 2.32. The first-order valence-electron chi connectivity index (χ1n) is 10.3. The minimum absolute atomic E-state index is 0.0447. The molecule has 1 heterocycles. The third kappa shape index (κ3) is 4.68. The molecule has 0 radical (unpaired) electrons. The van der Waals surface area contributed by atoms with E-state index in [1.165, 1.54) is 18.2 Å². The van der Waals surface area contributed by atoms with Crippen LogP contribution >= 0.6 is 0 Å². The van der Waals surface area contributed by atoms with E-state index in [9.17, 15) is 12.8 Å². The molecular weight excluding hydrogens is 446 g/mol. The summed E-state index contributed by atoms with van der Waals surface area (Å²) < 4.78 is 56.7. The molecule has 1 aliphatic rings. The van der Waals surface area contributed by atoms with Crippen molar-refractivity contribution < 1.29 is 17.2 Å². The molecule has 2 N–H and O–H groups in total. The molecule has 0 aromatic heterocycles. The lowest BCUT2D eigenvalue weighted by molar-refractivity contribution is 0.586. The van der Waals surface area contributed by atoms with E-state index in [2.05, 4.69) is 15.0 Å². The van der Waals surface area contributed by atoms with Crippen LogP contribution in [0.15, 0.2) is 70.6 Å². The Morgan fingerprint density at radius 1 is 1.03 bits per heavy atom. The smallest absolute Gasteiger partial charge is 0.266 e. The molecule has 3 aromatic carbocycles. The van der Waals surface area contributed by atoms with Crippen molar-refractivity contribution in [2.45, 2.75) is 24.3 Å². The molecule has 0 unspecified atom stereocenters. The number of hydrogen-bond donors (Lipinski definition) is 2. The van der Waals surface area contributed by atoms with Crippen molar-refractivity contribution in [3.05, 3.63) is 89.0 Å². The van der Waals surface area contributed by atoms with E-state index < -0.39 is 27.6 Å². The van der Waals surface area contributed by atoms with E-state index in [0.29, 0.717) is 5.56 Å². The average molecular weight is 471 g/mol. The Balaban J connectivity index is 1.75. The number of rotatable bonds is 5. The van der Waals surface area contributed by atoms with Gasteiger partial charge in [0.1, 0.15) is 16.5 Å². The Bertz CT molecular complexity index is 1340. The number of anilines is 2. The monoisotopic (exact) mass is 470 g/mol. The van der Waals surface area contributed by atoms with Gasteiger partial charge in [-0.1, -0.05) is 31.2 Å². The number of aliphatic imine (C=N–C) groups is 1. The van der Waals surface area contributed by atoms with Gasteiger partial charge in [0.15, 0.2) is 0 Å². The molecule has 1 atom stereocenters. The van der Waals surface area contributed by atoms with Crippen LogP contribution in [0.1, 0.15) is 29.5 Å². The van der Waals surface area contributed by atoms with Crippen molar-refractivity contribution in [3.63, 3.8) is 0 Å². The maximum atomic E-state index is 15.1. The van der Waals surface area contributed by atoms with Gasteiger partial charge in [-0.2, -0.15) is 0 Å². The molecular formula is C24H24F2N4O2S. The van der Waals surface area contributed by atoms with Gasteiger partial charge >= 0.3 is 0 Å². The molecule has 0 saturated heterocycles. The fraction of sp³-hybridized carbons (Fsp3) is 0.208. The second kappa shape index (κ2) is 8.82. The van der Waals surface area contributed by atoms with Gasteiger partial charge in [0.2, 0.25) is 5.96 Å². The van der Waals surface area contributed by atoms with E-state index >= 15 is 4.39 Å². The second-order valence-corrected chi connectivity index (χ2v) is 9.72. The van der Waals surface area contributed by atoms with Gasteiger partial charge in [-0.05, 0) is 47.5 Å². The van der Waals surface area contributed by atoms with Gasteiger partial charge in [-0.15, -0.1) is 0 Å². The van der Waals surface area contributed by atoms with Crippen LogP contribution < -0.4 is 14.9 Å². The van der Waals surface area contributed by atoms with Gasteiger partial charge < -0.3 is 10.2 Å². The third-order valence-corrected chi connectivity index (χ3v) is 6.93. The number of halogens is 2. The van der Waals surface area contributed by atoms with Crippen LogP contribution in [-0.2, 0) is 16.6 Å². The van der Waals surface area contributed by atoms with E-state index in [-0.39, 0.29) is 28.7 Å². The summed E-state index contributed by atoms with van der Waals surface area (Å²) in [6, 6.07) is 15.9. The number of nitrogens with one attached hydrogen (secondary N) is 2. The van der Waals surface area contributed by atoms with Gasteiger partial charge in [-0.25, -0.2) is 26.9 Å². The Morgan fingerprint density at radius 3 is 2.52 bits per heavy atom. The molecule has 0 aliphatic carbocycles. The second-order valence-electron chi connectivity index (χ2n) is 8.07. The van der Waals surface area contributed by atoms with Crippen molar-refractivity contribution >= 4 is 27.4 Å². The maximum absolute atomic E-state index is 15.1. The van der Waals surface area contributed by atoms with Crippen molar-refractivity contribution in [3.8, 4) is 0 Å². The predicted molar refractivity (Wildman–Crippen MR) is 126 cm³/mol. The molecule has 0 spiro atoms. The number of hydrogen-bond acceptors (Lipinski definition) is 4. The molecule has 0 saturated carbocycles. The molecule has 33 heavy (non-hydrogen) atoms. The molecule has 172 valence electrons. The lowest BCUT2D eigenvalue weighted by Crippen LogP contribution is -2.41. The number of nitrogens with zero attached hydrogens (tertiary/aromatic N) is 2. The molecule has 0 amide bonds. The highest BCUT2D eigenvalue weighted by Crippen LogP contribution is 2.38. The standard InChI is InChI=1S/C24H24F2N4O2S/c1-15(17-7-5-9-19(13-17)30(2)3)22-20(26)10-11-21-23(22)28-24(29-33(21,31)32)27-14-16-6-4-8-18(25)12-16/h4-13,15H,14H2,1-3H3,(H2,27,28,29)/t15-/m1/s1. The van der Waals surface area contributed by atoms with Gasteiger partial charge in [0, 0.05) is 31.3 Å². The van der Waals surface area contributed by atoms with E-state index in [4.69, 9.17) is 0 Å². The SMILES string of the molecule is C[C@H](c1cccc(N(C)C)c1)c1c(F)ccc2c1NC(=NCc1cccc(F)c1)NS2(=O)=O. The maximum Gasteiger partial charge on any atom is 0.266 e. The first kappa shape index (κ1) is 22.7. The zero-order valence-corrected chi connectivity index (χ0v) is 19.2. The van der Waals surface area contributed by atoms with Gasteiger partial charge in [-0.3, -0.25) is 0 Å². The van der Waals surface area contributed by atoms with E-state index in [1.54, 1.807) is 12.1 Å². The quantitative estimate of drug-likeness (QED) is 0.578. The summed E-state index contributed by atoms with van der Waals surface area (Å²) >= 11 is 0. The van der Waals surface area contributed by atoms with Gasteiger partial charge in [0.25, 0.3) is 10.0 Å². The Morgan fingerprint density at radius 2 is 1.79 bits per heavy atom. The number of sulfonamides is 1. The van der Waals surface area contributed by atoms with Gasteiger partial charge in [0.05, 0.1) is 12.2 Å². The van der Waals surface area contributed by atoms with Crippen LogP contribution in [0.25, 0.3) is 0 Å². The fourth-order valence-corrected chi connectivity index (χ4v) is 4.95. The lowest BCUT2D eigenvalue weighted by atomic mass is 9.91. The first-order valence-corrected chi connectivity index (χ1v) is 11.8. The molecule has 6 nitrogen and oxygen atoms in total. The van der Waals surface area contributed by atoms with Crippen LogP contribution in [-0.4, -0.2) is 28.5 Å². The Hall–Kier alpha value is -3.46. The number of fused-ring (bicyclic) bond motifs is 1. The Labute approximate surface area is 192 Å². The van der Waals surface area contributed by atoms with Crippen LogP contribution in [0.4, 0.5) is 20.2 Å². The topological polar surface area (TPSA) is 73.8 Å². The largest absolute Gasteiger partial charge is 0.378 e. The molecule has 0 bridgehead atoms. The van der Waals surface area contributed by atoms with Crippen LogP contribution in [0, 0.1) is 11.6 Å². The minimum Gasteiger partial charge on any atom is -0.378 e. The van der Waals surface area contributed by atoms with Crippen LogP contribution in [0.3, 0.4) is 0 Å². The summed E-state index contributed by atoms with van der Waals surface area (Å²) in [6.07, 6.45) is 0. The van der Waals surface area contributed by atoms with E-state index in [0.717, 1.165) is 17.3 Å². The summed E-state index contributed by atoms with van der Waals surface area (Å²) in [5, 5.41) is 2.95.